The van der Waals surface area contributed by atoms with Crippen LogP contribution in [0.3, 0.4) is 0 Å². The standard InChI is InChI=1S/C41H40Cl3N7O3/c1-4-50(26(3)31-13-11-28(42)21-33(31)44)38(25(2)27-9-6-5-7-10-27)36-32-14-12-29(43)22-34(32)47-37(36)40(52)48-35-23-45-24-46-39(35)49-18-15-30(16-19-49)51-17-8-20-54-41(51)53/h4-7,9-14,21-24,26,30,47H,1,8,15-20H2,2-3H3,(H,48,52)/b38-25+. The van der Waals surface area contributed by atoms with Gasteiger partial charge in [-0.15, -0.1) is 0 Å². The van der Waals surface area contributed by atoms with E-state index in [-0.39, 0.29) is 24.1 Å². The maximum Gasteiger partial charge on any atom is 0.410 e. The number of rotatable bonds is 10. The van der Waals surface area contributed by atoms with E-state index in [2.05, 4.69) is 31.7 Å². The number of ether oxygens (including phenoxy) is 1. The maximum atomic E-state index is 14.7. The fourth-order valence-electron chi connectivity index (χ4n) is 7.49. The number of hydrogen-bond donors (Lipinski definition) is 2. The molecule has 1 unspecified atom stereocenters. The molecule has 10 nitrogen and oxygen atoms in total. The van der Waals surface area contributed by atoms with Gasteiger partial charge in [-0.25, -0.2) is 14.8 Å². The summed E-state index contributed by atoms with van der Waals surface area (Å²) in [7, 11) is 0. The first-order chi connectivity index (χ1) is 26.1. The van der Waals surface area contributed by atoms with E-state index >= 15 is 0 Å². The van der Waals surface area contributed by atoms with Crippen LogP contribution in [0.2, 0.25) is 15.1 Å². The number of aromatic amines is 1. The zero-order valence-corrected chi connectivity index (χ0v) is 32.3. The Balaban J connectivity index is 1.29. The van der Waals surface area contributed by atoms with Crippen LogP contribution in [0, 0.1) is 0 Å². The number of halogens is 3. The summed E-state index contributed by atoms with van der Waals surface area (Å²) < 4.78 is 5.29. The van der Waals surface area contributed by atoms with Crippen molar-refractivity contribution in [1.82, 2.24) is 24.8 Å². The molecule has 2 aromatic heterocycles. The Kier molecular flexibility index (Phi) is 11.1. The predicted octanol–water partition coefficient (Wildman–Crippen LogP) is 10.1. The van der Waals surface area contributed by atoms with E-state index in [0.29, 0.717) is 69.6 Å². The molecule has 5 aromatic rings. The molecule has 0 spiro atoms. The molecular weight excluding hydrogens is 745 g/mol. The van der Waals surface area contributed by atoms with Gasteiger partial charge in [0.15, 0.2) is 5.82 Å². The highest BCUT2D eigenvalue weighted by Crippen LogP contribution is 2.42. The lowest BCUT2D eigenvalue weighted by atomic mass is 9.95. The molecule has 2 fully saturated rings. The number of carbonyl (C=O) groups excluding carboxylic acids is 2. The summed E-state index contributed by atoms with van der Waals surface area (Å²) in [6.07, 6.45) is 6.92. The van der Waals surface area contributed by atoms with Crippen molar-refractivity contribution < 1.29 is 14.3 Å². The number of piperidine rings is 1. The van der Waals surface area contributed by atoms with Crippen molar-refractivity contribution in [1.29, 1.82) is 0 Å². The molecule has 1 atom stereocenters. The quantitative estimate of drug-likeness (QED) is 0.145. The SMILES string of the molecule is C=CN(/C(=C(\C)c1ccccc1)c1c(C(=O)Nc2cncnc2N2CCC(N3CCCOC3=O)CC2)[nH]c2cc(Cl)ccc12)C(C)c1ccc(Cl)cc1Cl. The minimum atomic E-state index is -0.390. The summed E-state index contributed by atoms with van der Waals surface area (Å²) >= 11 is 19.6. The van der Waals surface area contributed by atoms with E-state index < -0.39 is 0 Å². The van der Waals surface area contributed by atoms with E-state index in [1.807, 2.05) is 84.3 Å². The van der Waals surface area contributed by atoms with Crippen molar-refractivity contribution in [3.63, 3.8) is 0 Å². The van der Waals surface area contributed by atoms with Crippen molar-refractivity contribution in [2.75, 3.05) is 36.5 Å². The second kappa shape index (κ2) is 16.1. The fourth-order valence-corrected chi connectivity index (χ4v) is 8.23. The highest BCUT2D eigenvalue weighted by molar-refractivity contribution is 6.35. The van der Waals surface area contributed by atoms with E-state index in [9.17, 15) is 9.59 Å². The topological polar surface area (TPSA) is 107 Å². The number of carbonyl (C=O) groups is 2. The second-order valence-electron chi connectivity index (χ2n) is 13.4. The van der Waals surface area contributed by atoms with E-state index in [1.165, 1.54) is 6.33 Å². The van der Waals surface area contributed by atoms with Crippen molar-refractivity contribution in [2.24, 2.45) is 0 Å². The van der Waals surface area contributed by atoms with Gasteiger partial charge in [0.1, 0.15) is 17.7 Å². The molecule has 3 aromatic carbocycles. The molecule has 0 bridgehead atoms. The average molecular weight is 785 g/mol. The lowest BCUT2D eigenvalue weighted by Gasteiger charge is -2.40. The third-order valence-electron chi connectivity index (χ3n) is 10.2. The molecular formula is C41H40Cl3N7O3. The summed E-state index contributed by atoms with van der Waals surface area (Å²) in [6, 6.07) is 20.7. The number of anilines is 2. The van der Waals surface area contributed by atoms with Gasteiger partial charge in [0.05, 0.1) is 24.5 Å². The molecule has 2 aliphatic heterocycles. The van der Waals surface area contributed by atoms with Gasteiger partial charge in [-0.05, 0) is 80.3 Å². The normalized spacial score (nSPS) is 16.1. The van der Waals surface area contributed by atoms with Crippen LogP contribution in [0.1, 0.15) is 66.3 Å². The summed E-state index contributed by atoms with van der Waals surface area (Å²) in [4.78, 5) is 45.4. The number of hydrogen-bond acceptors (Lipinski definition) is 7. The Hall–Kier alpha value is -5.03. The number of nitrogens with one attached hydrogen (secondary N) is 2. The Morgan fingerprint density at radius 2 is 1.80 bits per heavy atom. The zero-order valence-electron chi connectivity index (χ0n) is 30.0. The fraction of sp³-hybridized carbons (Fsp3) is 0.268. The van der Waals surface area contributed by atoms with Gasteiger partial charge in [0.2, 0.25) is 0 Å². The molecule has 2 aliphatic rings. The average Bonchev–Trinajstić information content (AvgIpc) is 3.55. The van der Waals surface area contributed by atoms with Gasteiger partial charge < -0.3 is 29.7 Å². The van der Waals surface area contributed by atoms with Gasteiger partial charge in [-0.1, -0.05) is 83.8 Å². The molecule has 2 amide bonds. The smallest absolute Gasteiger partial charge is 0.410 e. The van der Waals surface area contributed by atoms with Gasteiger partial charge in [0, 0.05) is 57.2 Å². The molecule has 278 valence electrons. The van der Waals surface area contributed by atoms with Crippen molar-refractivity contribution in [3.8, 4) is 0 Å². The first-order valence-corrected chi connectivity index (χ1v) is 19.0. The molecule has 54 heavy (non-hydrogen) atoms. The molecule has 0 radical (unpaired) electrons. The summed E-state index contributed by atoms with van der Waals surface area (Å²) in [6.45, 7) is 10.8. The third-order valence-corrected chi connectivity index (χ3v) is 11.0. The van der Waals surface area contributed by atoms with Crippen molar-refractivity contribution in [3.05, 3.63) is 129 Å². The van der Waals surface area contributed by atoms with Crippen molar-refractivity contribution >= 4 is 80.5 Å². The number of H-pyrrole nitrogens is 1. The Morgan fingerprint density at radius 1 is 1.06 bits per heavy atom. The van der Waals surface area contributed by atoms with Crippen LogP contribution in [0.25, 0.3) is 22.2 Å². The number of nitrogens with zero attached hydrogens (tertiary/aromatic N) is 5. The number of aromatic nitrogens is 3. The van der Waals surface area contributed by atoms with Gasteiger partial charge in [-0.2, -0.15) is 0 Å². The molecule has 2 N–H and O–H groups in total. The molecule has 0 saturated carbocycles. The Bertz CT molecular complexity index is 2230. The monoisotopic (exact) mass is 783 g/mol. The van der Waals surface area contributed by atoms with Crippen LogP contribution in [0.5, 0.6) is 0 Å². The number of benzene rings is 3. The van der Waals surface area contributed by atoms with Gasteiger partial charge in [-0.3, -0.25) is 4.79 Å². The van der Waals surface area contributed by atoms with E-state index in [0.717, 1.165) is 47.0 Å². The van der Waals surface area contributed by atoms with Gasteiger partial charge in [0.25, 0.3) is 5.91 Å². The van der Waals surface area contributed by atoms with Gasteiger partial charge >= 0.3 is 6.09 Å². The maximum absolute atomic E-state index is 14.7. The number of fused-ring (bicyclic) bond motifs is 1. The third kappa shape index (κ3) is 7.51. The Labute approximate surface area is 329 Å². The first-order valence-electron chi connectivity index (χ1n) is 17.9. The van der Waals surface area contributed by atoms with Crippen LogP contribution in [0.4, 0.5) is 16.3 Å². The number of cyclic esters (lactones) is 1. The van der Waals surface area contributed by atoms with E-state index in [4.69, 9.17) is 39.5 Å². The second-order valence-corrected chi connectivity index (χ2v) is 14.7. The zero-order chi connectivity index (χ0) is 37.9. The molecule has 13 heteroatoms. The number of amides is 2. The van der Waals surface area contributed by atoms with Crippen molar-refractivity contribution in [2.45, 2.75) is 45.2 Å². The molecule has 0 aliphatic carbocycles. The molecule has 7 rings (SSSR count). The lowest BCUT2D eigenvalue weighted by molar-refractivity contribution is 0.0499. The summed E-state index contributed by atoms with van der Waals surface area (Å²) in [5, 5.41) is 5.49. The first kappa shape index (κ1) is 37.3. The molecule has 4 heterocycles. The largest absolute Gasteiger partial charge is 0.449 e. The summed E-state index contributed by atoms with van der Waals surface area (Å²) in [5.41, 5.74) is 5.57. The van der Waals surface area contributed by atoms with Crippen LogP contribution < -0.4 is 10.2 Å². The highest BCUT2D eigenvalue weighted by Gasteiger charge is 2.33. The van der Waals surface area contributed by atoms with Crippen LogP contribution in [0.15, 0.2) is 92.0 Å². The van der Waals surface area contributed by atoms with Crippen LogP contribution in [-0.4, -0.2) is 69.0 Å². The highest BCUT2D eigenvalue weighted by atomic mass is 35.5. The van der Waals surface area contributed by atoms with Crippen LogP contribution in [-0.2, 0) is 4.74 Å². The van der Waals surface area contributed by atoms with Crippen LogP contribution >= 0.6 is 34.8 Å². The molecule has 2 saturated heterocycles. The van der Waals surface area contributed by atoms with E-state index in [1.54, 1.807) is 18.5 Å². The predicted molar refractivity (Wildman–Crippen MR) is 217 cm³/mol. The summed E-state index contributed by atoms with van der Waals surface area (Å²) in [5.74, 6) is 0.215. The lowest BCUT2D eigenvalue weighted by Crippen LogP contribution is -2.50. The Morgan fingerprint density at radius 3 is 2.52 bits per heavy atom. The number of allylic oxidation sites excluding steroid dienone is 1. The minimum absolute atomic E-state index is 0.0886. The minimum Gasteiger partial charge on any atom is -0.449 e.